The van der Waals surface area contributed by atoms with Gasteiger partial charge in [-0.05, 0) is 25.0 Å². The molecule has 1 aromatic rings. The van der Waals surface area contributed by atoms with Crippen LogP contribution in [0.15, 0.2) is 24.3 Å². The van der Waals surface area contributed by atoms with Crippen molar-refractivity contribution in [2.45, 2.75) is 26.1 Å². The quantitative estimate of drug-likeness (QED) is 0.733. The third-order valence-corrected chi connectivity index (χ3v) is 2.58. The van der Waals surface area contributed by atoms with Crippen molar-refractivity contribution in [1.82, 2.24) is 0 Å². The molecule has 2 heteroatoms. The van der Waals surface area contributed by atoms with Crippen LogP contribution in [-0.4, -0.2) is 14.2 Å². The van der Waals surface area contributed by atoms with E-state index in [0.29, 0.717) is 0 Å². The first kappa shape index (κ1) is 11.2. The summed E-state index contributed by atoms with van der Waals surface area (Å²) in [6, 6.07) is 8.33. The van der Waals surface area contributed by atoms with Gasteiger partial charge in [-0.15, -0.1) is 0 Å². The van der Waals surface area contributed by atoms with Gasteiger partial charge in [0.1, 0.15) is 0 Å². The van der Waals surface area contributed by atoms with Crippen LogP contribution in [0.25, 0.3) is 0 Å². The van der Waals surface area contributed by atoms with Gasteiger partial charge in [-0.25, -0.2) is 0 Å². The fourth-order valence-corrected chi connectivity index (χ4v) is 1.31. The molecule has 14 heavy (non-hydrogen) atoms. The average Bonchev–Trinajstić information content (AvgIpc) is 2.27. The van der Waals surface area contributed by atoms with E-state index in [4.69, 9.17) is 9.47 Å². The van der Waals surface area contributed by atoms with Gasteiger partial charge in [0.2, 0.25) is 0 Å². The van der Waals surface area contributed by atoms with E-state index in [9.17, 15) is 0 Å². The summed E-state index contributed by atoms with van der Waals surface area (Å²) in [5, 5.41) is 0. The number of hydrogen-bond donors (Lipinski definition) is 0. The van der Waals surface area contributed by atoms with Crippen LogP contribution in [0.4, 0.5) is 0 Å². The van der Waals surface area contributed by atoms with Crippen LogP contribution in [0.3, 0.4) is 0 Å². The molecule has 0 saturated carbocycles. The molecule has 0 aromatic heterocycles. The normalized spacial score (nSPS) is 15.1. The van der Waals surface area contributed by atoms with Crippen molar-refractivity contribution in [3.63, 3.8) is 0 Å². The predicted octanol–water partition coefficient (Wildman–Crippen LogP) is 3.10. The molecule has 0 amide bonds. The summed E-state index contributed by atoms with van der Waals surface area (Å²) in [5.74, 6) is 0. The van der Waals surface area contributed by atoms with Crippen LogP contribution < -0.4 is 0 Å². The molecule has 0 N–H and O–H groups in total. The molecule has 0 aliphatic carbocycles. The van der Waals surface area contributed by atoms with Crippen LogP contribution >= 0.6 is 0 Å². The number of methoxy groups -OCH3 is 2. The van der Waals surface area contributed by atoms with Crippen LogP contribution in [0.1, 0.15) is 37.2 Å². The number of hydrogen-bond acceptors (Lipinski definition) is 2. The largest absolute Gasteiger partial charge is 0.377 e. The summed E-state index contributed by atoms with van der Waals surface area (Å²) in [5.41, 5.74) is 2.39. The van der Waals surface area contributed by atoms with Gasteiger partial charge in [0.25, 0.3) is 0 Å². The van der Waals surface area contributed by atoms with Crippen LogP contribution in [0.5, 0.6) is 0 Å². The Morgan fingerprint density at radius 2 is 1.07 bits per heavy atom. The minimum absolute atomic E-state index is 0.155. The van der Waals surface area contributed by atoms with Crippen molar-refractivity contribution < 1.29 is 9.47 Å². The maximum atomic E-state index is 5.23. The molecule has 0 heterocycles. The lowest BCUT2D eigenvalue weighted by Crippen LogP contribution is -1.98. The van der Waals surface area contributed by atoms with E-state index < -0.39 is 0 Å². The van der Waals surface area contributed by atoms with E-state index in [0.717, 1.165) is 0 Å². The molecule has 0 unspecified atom stereocenters. The topological polar surface area (TPSA) is 18.5 Å². The van der Waals surface area contributed by atoms with Crippen LogP contribution in [0.2, 0.25) is 0 Å². The Labute approximate surface area is 85.8 Å². The molecule has 0 bridgehead atoms. The molecule has 0 aliphatic heterocycles. The number of ether oxygens (including phenoxy) is 2. The Bertz CT molecular complexity index is 237. The second-order valence-corrected chi connectivity index (χ2v) is 3.42. The maximum absolute atomic E-state index is 5.23. The summed E-state index contributed by atoms with van der Waals surface area (Å²) in [6.07, 6.45) is 0.309. The highest BCUT2D eigenvalue weighted by Gasteiger charge is 2.06. The minimum Gasteiger partial charge on any atom is -0.377 e. The lowest BCUT2D eigenvalue weighted by Gasteiger charge is -2.13. The zero-order valence-electron chi connectivity index (χ0n) is 9.28. The van der Waals surface area contributed by atoms with E-state index in [1.165, 1.54) is 11.1 Å². The third kappa shape index (κ3) is 2.56. The summed E-state index contributed by atoms with van der Waals surface area (Å²) >= 11 is 0. The van der Waals surface area contributed by atoms with Crippen molar-refractivity contribution in [2.75, 3.05) is 14.2 Å². The lowest BCUT2D eigenvalue weighted by molar-refractivity contribution is 0.116. The molecule has 0 spiro atoms. The average molecular weight is 194 g/mol. The molecule has 2 nitrogen and oxygen atoms in total. The number of benzene rings is 1. The molecular weight excluding hydrogens is 176 g/mol. The van der Waals surface area contributed by atoms with E-state index in [1.807, 2.05) is 13.8 Å². The van der Waals surface area contributed by atoms with E-state index >= 15 is 0 Å². The second kappa shape index (κ2) is 5.13. The SMILES string of the molecule is CO[C@H](C)c1ccc([C@@H](C)OC)cc1. The third-order valence-electron chi connectivity index (χ3n) is 2.58. The fourth-order valence-electron chi connectivity index (χ4n) is 1.31. The van der Waals surface area contributed by atoms with Crippen molar-refractivity contribution in [3.8, 4) is 0 Å². The Balaban J connectivity index is 2.78. The smallest absolute Gasteiger partial charge is 0.0793 e. The van der Waals surface area contributed by atoms with Crippen molar-refractivity contribution in [1.29, 1.82) is 0 Å². The molecule has 0 radical (unpaired) electrons. The molecule has 0 saturated heterocycles. The van der Waals surface area contributed by atoms with Crippen molar-refractivity contribution >= 4 is 0 Å². The van der Waals surface area contributed by atoms with Gasteiger partial charge >= 0.3 is 0 Å². The highest BCUT2D eigenvalue weighted by Crippen LogP contribution is 2.20. The maximum Gasteiger partial charge on any atom is 0.0793 e. The predicted molar refractivity (Wildman–Crippen MR) is 57.3 cm³/mol. The zero-order chi connectivity index (χ0) is 10.6. The van der Waals surface area contributed by atoms with Gasteiger partial charge in [-0.3, -0.25) is 0 Å². The van der Waals surface area contributed by atoms with Crippen LogP contribution in [-0.2, 0) is 9.47 Å². The first-order valence-electron chi connectivity index (χ1n) is 4.84. The highest BCUT2D eigenvalue weighted by atomic mass is 16.5. The number of rotatable bonds is 4. The fraction of sp³-hybridized carbons (Fsp3) is 0.500. The van der Waals surface area contributed by atoms with Gasteiger partial charge < -0.3 is 9.47 Å². The van der Waals surface area contributed by atoms with Gasteiger partial charge in [0.15, 0.2) is 0 Å². The Morgan fingerprint density at radius 1 is 0.786 bits per heavy atom. The monoisotopic (exact) mass is 194 g/mol. The summed E-state index contributed by atoms with van der Waals surface area (Å²) in [4.78, 5) is 0. The second-order valence-electron chi connectivity index (χ2n) is 3.42. The minimum atomic E-state index is 0.155. The molecule has 1 aromatic carbocycles. The van der Waals surface area contributed by atoms with Gasteiger partial charge in [0, 0.05) is 14.2 Å². The zero-order valence-corrected chi connectivity index (χ0v) is 9.28. The summed E-state index contributed by atoms with van der Waals surface area (Å²) < 4.78 is 10.5. The van der Waals surface area contributed by atoms with E-state index in [-0.39, 0.29) is 12.2 Å². The van der Waals surface area contributed by atoms with Crippen molar-refractivity contribution in [3.05, 3.63) is 35.4 Å². The molecule has 78 valence electrons. The van der Waals surface area contributed by atoms with Gasteiger partial charge in [0.05, 0.1) is 12.2 Å². The molecule has 2 atom stereocenters. The Morgan fingerprint density at radius 3 is 1.29 bits per heavy atom. The molecular formula is C12H18O2. The molecule has 0 aliphatic rings. The van der Waals surface area contributed by atoms with E-state index in [2.05, 4.69) is 24.3 Å². The standard InChI is InChI=1S/C12H18O2/c1-9(13-3)11-5-7-12(8-6-11)10(2)14-4/h5-10H,1-4H3/t9-,10-/m1/s1. The lowest BCUT2D eigenvalue weighted by atomic mass is 10.1. The highest BCUT2D eigenvalue weighted by molar-refractivity contribution is 5.25. The molecule has 1 rings (SSSR count). The summed E-state index contributed by atoms with van der Waals surface area (Å²) in [7, 11) is 3.44. The van der Waals surface area contributed by atoms with E-state index in [1.54, 1.807) is 14.2 Å². The molecule has 0 fully saturated rings. The van der Waals surface area contributed by atoms with Crippen molar-refractivity contribution in [2.24, 2.45) is 0 Å². The Kier molecular flexibility index (Phi) is 4.11. The first-order valence-corrected chi connectivity index (χ1v) is 4.84. The van der Waals surface area contributed by atoms with Gasteiger partial charge in [-0.1, -0.05) is 24.3 Å². The Hall–Kier alpha value is -0.860. The van der Waals surface area contributed by atoms with Crippen LogP contribution in [0, 0.1) is 0 Å². The summed E-state index contributed by atoms with van der Waals surface area (Å²) in [6.45, 7) is 4.07. The first-order chi connectivity index (χ1) is 6.69. The van der Waals surface area contributed by atoms with Gasteiger partial charge in [-0.2, -0.15) is 0 Å².